The van der Waals surface area contributed by atoms with Gasteiger partial charge in [-0.1, -0.05) is 103 Å². The lowest BCUT2D eigenvalue weighted by molar-refractivity contribution is -0.301. The van der Waals surface area contributed by atoms with E-state index in [1.807, 2.05) is 71.3 Å². The van der Waals surface area contributed by atoms with Crippen molar-refractivity contribution in [2.75, 3.05) is 0 Å². The van der Waals surface area contributed by atoms with Gasteiger partial charge < -0.3 is 9.13 Å². The summed E-state index contributed by atoms with van der Waals surface area (Å²) >= 11 is 0. The molecule has 1 aliphatic rings. The Balaban J connectivity index is 1.17. The van der Waals surface area contributed by atoms with Gasteiger partial charge in [-0.25, -0.2) is 0 Å². The molecule has 0 unspecified atom stereocenters. The summed E-state index contributed by atoms with van der Waals surface area (Å²) in [5, 5.41) is 3.85. The van der Waals surface area contributed by atoms with Crippen molar-refractivity contribution in [3.8, 4) is 22.5 Å². The second-order valence-corrected chi connectivity index (χ2v) is 14.2. The molecule has 0 spiro atoms. The van der Waals surface area contributed by atoms with Crippen molar-refractivity contribution in [3.05, 3.63) is 169 Å². The number of hydrogen-bond donors (Lipinski definition) is 0. The van der Waals surface area contributed by atoms with E-state index < -0.39 is 28.9 Å². The zero-order valence-corrected chi connectivity index (χ0v) is 28.7. The molecule has 0 fully saturated rings. The van der Waals surface area contributed by atoms with Crippen molar-refractivity contribution >= 4 is 65.2 Å². The number of nitrogens with zero attached hydrogens (tertiary/aromatic N) is 2. The highest BCUT2D eigenvalue weighted by atomic mass is 19.3. The molecule has 266 valence electrons. The number of alkyl halides is 6. The molecule has 0 amide bonds. The summed E-state index contributed by atoms with van der Waals surface area (Å²) in [5.41, 5.74) is 4.81. The first-order chi connectivity index (χ1) is 26.6. The van der Waals surface area contributed by atoms with Crippen molar-refractivity contribution in [3.63, 3.8) is 0 Å². The van der Waals surface area contributed by atoms with Crippen LogP contribution in [0.25, 0.3) is 87.7 Å². The molecule has 2 aromatic heterocycles. The molecule has 55 heavy (non-hydrogen) atoms. The minimum absolute atomic E-state index is 0.183. The average molecular weight is 733 g/mol. The molecule has 8 aromatic carbocycles. The highest BCUT2D eigenvalue weighted by Gasteiger charge is 2.79. The third-order valence-corrected chi connectivity index (χ3v) is 11.4. The zero-order chi connectivity index (χ0) is 37.4. The second kappa shape index (κ2) is 10.8. The fourth-order valence-electron chi connectivity index (χ4n) is 9.01. The molecule has 8 heteroatoms. The van der Waals surface area contributed by atoms with Gasteiger partial charge in [0.1, 0.15) is 0 Å². The summed E-state index contributed by atoms with van der Waals surface area (Å²) in [6, 6.07) is 49.1. The third kappa shape index (κ3) is 4.01. The lowest BCUT2D eigenvalue weighted by Crippen LogP contribution is -2.43. The van der Waals surface area contributed by atoms with Crippen LogP contribution in [-0.2, 0) is 11.8 Å². The van der Waals surface area contributed by atoms with Crippen LogP contribution in [0.4, 0.5) is 26.3 Å². The second-order valence-electron chi connectivity index (χ2n) is 14.2. The average Bonchev–Trinajstić information content (AvgIpc) is 3.76. The van der Waals surface area contributed by atoms with Gasteiger partial charge in [-0.3, -0.25) is 0 Å². The maximum atomic E-state index is 15.5. The molecule has 1 aliphatic carbocycles. The summed E-state index contributed by atoms with van der Waals surface area (Å²) in [6.45, 7) is 0. The SMILES string of the molecule is FC1(F)c2c(c3ccc(-n4c5ccccc5c5c(-c6ccc7c(c6)c6ccccc6n7-c6ccccc6)cccc54)cc3c3ccccc23)C(F)(F)C1(F)F. The number of aromatic nitrogens is 2. The van der Waals surface area contributed by atoms with Crippen LogP contribution in [0.2, 0.25) is 0 Å². The minimum Gasteiger partial charge on any atom is -0.309 e. The van der Waals surface area contributed by atoms with E-state index in [1.54, 1.807) is 18.2 Å². The maximum Gasteiger partial charge on any atom is 0.380 e. The highest BCUT2D eigenvalue weighted by molar-refractivity contribution is 6.18. The molecule has 0 aliphatic heterocycles. The Morgan fingerprint density at radius 2 is 0.891 bits per heavy atom. The molecule has 10 aromatic rings. The summed E-state index contributed by atoms with van der Waals surface area (Å²) in [4.78, 5) is 0. The van der Waals surface area contributed by atoms with E-state index in [1.165, 1.54) is 24.3 Å². The largest absolute Gasteiger partial charge is 0.380 e. The molecule has 0 N–H and O–H groups in total. The van der Waals surface area contributed by atoms with E-state index in [4.69, 9.17) is 0 Å². The third-order valence-electron chi connectivity index (χ3n) is 11.4. The van der Waals surface area contributed by atoms with Gasteiger partial charge in [0.25, 0.3) is 0 Å². The Bertz CT molecular complexity index is 3250. The van der Waals surface area contributed by atoms with E-state index >= 15 is 17.6 Å². The molecular weight excluding hydrogens is 707 g/mol. The van der Waals surface area contributed by atoms with Gasteiger partial charge in [0.15, 0.2) is 0 Å². The number of benzene rings is 8. The number of rotatable bonds is 3. The van der Waals surface area contributed by atoms with Crippen LogP contribution < -0.4 is 0 Å². The van der Waals surface area contributed by atoms with Crippen molar-refractivity contribution in [1.82, 2.24) is 9.13 Å². The van der Waals surface area contributed by atoms with Gasteiger partial charge in [-0.15, -0.1) is 0 Å². The molecule has 0 atom stereocenters. The normalized spacial score (nSPS) is 15.9. The topological polar surface area (TPSA) is 9.86 Å². The molecule has 0 bridgehead atoms. The van der Waals surface area contributed by atoms with Gasteiger partial charge >= 0.3 is 17.8 Å². The van der Waals surface area contributed by atoms with Crippen LogP contribution in [0.1, 0.15) is 11.1 Å². The monoisotopic (exact) mass is 732 g/mol. The highest BCUT2D eigenvalue weighted by Crippen LogP contribution is 2.66. The van der Waals surface area contributed by atoms with Crippen LogP contribution in [0, 0.1) is 0 Å². The van der Waals surface area contributed by atoms with Crippen molar-refractivity contribution in [1.29, 1.82) is 0 Å². The lowest BCUT2D eigenvalue weighted by Gasteiger charge is -2.23. The number of fused-ring (bicyclic) bond motifs is 12. The van der Waals surface area contributed by atoms with Gasteiger partial charge in [0, 0.05) is 44.0 Å². The van der Waals surface area contributed by atoms with Crippen LogP contribution >= 0.6 is 0 Å². The minimum atomic E-state index is -5.60. The van der Waals surface area contributed by atoms with Gasteiger partial charge in [-0.05, 0) is 87.3 Å². The predicted molar refractivity (Wildman–Crippen MR) is 208 cm³/mol. The molecule has 11 rings (SSSR count). The van der Waals surface area contributed by atoms with Crippen LogP contribution in [0.5, 0.6) is 0 Å². The number of hydrogen-bond acceptors (Lipinski definition) is 0. The first kappa shape index (κ1) is 31.9. The Hall–Kier alpha value is -6.54. The predicted octanol–water partition coefficient (Wildman–Crippen LogP) is 13.7. The molecule has 0 saturated carbocycles. The lowest BCUT2D eigenvalue weighted by atomic mass is 9.91. The summed E-state index contributed by atoms with van der Waals surface area (Å²) in [7, 11) is 0. The maximum absolute atomic E-state index is 15.5. The van der Waals surface area contributed by atoms with E-state index in [2.05, 4.69) is 53.1 Å². The van der Waals surface area contributed by atoms with Crippen molar-refractivity contribution in [2.24, 2.45) is 0 Å². The Labute approximate surface area is 309 Å². The molecule has 2 heterocycles. The van der Waals surface area contributed by atoms with E-state index in [9.17, 15) is 8.78 Å². The zero-order valence-electron chi connectivity index (χ0n) is 28.7. The standard InChI is InChI=1S/C47H26F6N2/c48-45(49)43-33-15-5-4-13-31(33)36-26-29(22-23-34(36)44(43)46(50,51)47(45,52)53)55-39-19-9-7-16-35(39)42-30(17-10-20-41(42)55)27-21-24-40-37(25-27)32-14-6-8-18-38(32)54(40)28-11-2-1-3-12-28/h1-26H. The van der Waals surface area contributed by atoms with E-state index in [0.29, 0.717) is 5.69 Å². The first-order valence-electron chi connectivity index (χ1n) is 17.8. The smallest absolute Gasteiger partial charge is 0.309 e. The first-order valence-corrected chi connectivity index (χ1v) is 17.8. The molecular formula is C47H26F6N2. The van der Waals surface area contributed by atoms with Crippen LogP contribution in [0.3, 0.4) is 0 Å². The van der Waals surface area contributed by atoms with Crippen molar-refractivity contribution in [2.45, 2.75) is 17.8 Å². The van der Waals surface area contributed by atoms with Gasteiger partial charge in [-0.2, -0.15) is 26.3 Å². The number of halogens is 6. The fourth-order valence-corrected chi connectivity index (χ4v) is 9.01. The van der Waals surface area contributed by atoms with Gasteiger partial charge in [0.2, 0.25) is 0 Å². The Kier molecular flexibility index (Phi) is 6.26. The van der Waals surface area contributed by atoms with Crippen molar-refractivity contribution < 1.29 is 26.3 Å². The molecule has 0 radical (unpaired) electrons. The Morgan fingerprint density at radius 3 is 1.62 bits per heavy atom. The Morgan fingerprint density at radius 1 is 0.345 bits per heavy atom. The molecule has 2 nitrogen and oxygen atoms in total. The van der Waals surface area contributed by atoms with E-state index in [-0.39, 0.29) is 21.5 Å². The quantitative estimate of drug-likeness (QED) is 0.126. The fraction of sp³-hybridized carbons (Fsp3) is 0.0638. The summed E-state index contributed by atoms with van der Waals surface area (Å²) in [5.74, 6) is -15.8. The van der Waals surface area contributed by atoms with E-state index in [0.717, 1.165) is 60.4 Å². The summed E-state index contributed by atoms with van der Waals surface area (Å²) < 4.78 is 95.7. The van der Waals surface area contributed by atoms with Crippen LogP contribution in [0.15, 0.2) is 158 Å². The number of para-hydroxylation sites is 3. The molecule has 0 saturated heterocycles. The van der Waals surface area contributed by atoms with Crippen LogP contribution in [-0.4, -0.2) is 15.1 Å². The van der Waals surface area contributed by atoms with Gasteiger partial charge in [0.05, 0.1) is 22.1 Å². The summed E-state index contributed by atoms with van der Waals surface area (Å²) in [6.07, 6.45) is 0.